The number of hydrogen-bond donors (Lipinski definition) is 2. The number of carbonyl (C=O) groups excluding carboxylic acids is 1. The van der Waals surface area contributed by atoms with Crippen molar-refractivity contribution in [2.45, 2.75) is 206 Å². The topological polar surface area (TPSA) is 58.6 Å². The number of hydrogen-bond acceptors (Lipinski definition) is 3. The highest BCUT2D eigenvalue weighted by atomic mass is 16.5. The fourth-order valence-corrected chi connectivity index (χ4v) is 5.69. The monoisotopic (exact) mass is 606 g/mol. The summed E-state index contributed by atoms with van der Waals surface area (Å²) >= 11 is 0. The summed E-state index contributed by atoms with van der Waals surface area (Å²) in [7, 11) is 1.62. The van der Waals surface area contributed by atoms with Crippen LogP contribution in [0.4, 0.5) is 0 Å². The van der Waals surface area contributed by atoms with Crippen LogP contribution >= 0.6 is 0 Å². The van der Waals surface area contributed by atoms with Crippen LogP contribution < -0.4 is 5.32 Å². The number of ether oxygens (including phenoxy) is 1. The van der Waals surface area contributed by atoms with Crippen LogP contribution in [-0.2, 0) is 9.53 Å². The molecule has 0 aliphatic rings. The van der Waals surface area contributed by atoms with E-state index in [1.54, 1.807) is 7.11 Å². The smallest absolute Gasteiger partial charge is 0.220 e. The maximum absolute atomic E-state index is 12.5. The maximum atomic E-state index is 12.5. The first-order valence-corrected chi connectivity index (χ1v) is 18.9. The number of nitrogens with one attached hydrogen (secondary N) is 1. The molecule has 0 aromatic carbocycles. The highest BCUT2D eigenvalue weighted by Gasteiger charge is 2.18. The van der Waals surface area contributed by atoms with Crippen LogP contribution in [0.5, 0.6) is 0 Å². The van der Waals surface area contributed by atoms with Crippen LogP contribution in [-0.4, -0.2) is 36.9 Å². The minimum absolute atomic E-state index is 0.0209. The molecule has 0 heterocycles. The Hall–Kier alpha value is -1.13. The van der Waals surface area contributed by atoms with E-state index in [0.29, 0.717) is 13.0 Å². The van der Waals surface area contributed by atoms with Gasteiger partial charge in [-0.25, -0.2) is 0 Å². The van der Waals surface area contributed by atoms with Gasteiger partial charge in [-0.15, -0.1) is 0 Å². The number of methoxy groups -OCH3 is 1. The van der Waals surface area contributed by atoms with Gasteiger partial charge in [-0.3, -0.25) is 4.79 Å². The van der Waals surface area contributed by atoms with E-state index in [-0.39, 0.29) is 11.9 Å². The molecule has 0 aliphatic heterocycles. The fraction of sp³-hybridized carbons (Fsp3) is 0.872. The average molecular weight is 606 g/mol. The summed E-state index contributed by atoms with van der Waals surface area (Å²) in [4.78, 5) is 12.5. The molecule has 0 rings (SSSR count). The van der Waals surface area contributed by atoms with Crippen LogP contribution in [0, 0.1) is 0 Å². The molecule has 2 atom stereocenters. The SMILES string of the molecule is CCCCCCCC/C=C\CCCCCCCCCC(=O)NC(COC)C(O)/C=C\CCCCCCCCCCCCC. The lowest BCUT2D eigenvalue weighted by Crippen LogP contribution is -2.45. The molecule has 0 aromatic heterocycles. The molecule has 0 radical (unpaired) electrons. The van der Waals surface area contributed by atoms with E-state index in [9.17, 15) is 9.90 Å². The Kier molecular flexibility index (Phi) is 34.4. The Morgan fingerprint density at radius 3 is 1.37 bits per heavy atom. The van der Waals surface area contributed by atoms with Gasteiger partial charge in [0.2, 0.25) is 5.91 Å². The third kappa shape index (κ3) is 32.1. The van der Waals surface area contributed by atoms with Crippen LogP contribution in [0.25, 0.3) is 0 Å². The van der Waals surface area contributed by atoms with Gasteiger partial charge in [0.1, 0.15) is 0 Å². The molecule has 4 nitrogen and oxygen atoms in total. The number of rotatable bonds is 34. The number of aliphatic hydroxyl groups excluding tert-OH is 1. The van der Waals surface area contributed by atoms with E-state index < -0.39 is 6.10 Å². The van der Waals surface area contributed by atoms with Gasteiger partial charge in [0.05, 0.1) is 18.8 Å². The summed E-state index contributed by atoms with van der Waals surface area (Å²) in [5.74, 6) is 0.0209. The molecule has 254 valence electrons. The predicted molar refractivity (Wildman–Crippen MR) is 189 cm³/mol. The van der Waals surface area contributed by atoms with E-state index in [4.69, 9.17) is 4.74 Å². The van der Waals surface area contributed by atoms with Crippen molar-refractivity contribution in [1.82, 2.24) is 5.32 Å². The third-order valence-electron chi connectivity index (χ3n) is 8.58. The second-order valence-corrected chi connectivity index (χ2v) is 12.9. The molecule has 0 bridgehead atoms. The Balaban J connectivity index is 3.72. The van der Waals surface area contributed by atoms with Gasteiger partial charge >= 0.3 is 0 Å². The number of allylic oxidation sites excluding steroid dienone is 3. The second kappa shape index (κ2) is 35.4. The van der Waals surface area contributed by atoms with Crippen LogP contribution in [0.3, 0.4) is 0 Å². The lowest BCUT2D eigenvalue weighted by atomic mass is 10.0. The molecule has 0 spiro atoms. The molecular weight excluding hydrogens is 530 g/mol. The Morgan fingerprint density at radius 2 is 0.953 bits per heavy atom. The summed E-state index contributed by atoms with van der Waals surface area (Å²) in [6.07, 6.45) is 43.4. The van der Waals surface area contributed by atoms with Gasteiger partial charge in [0, 0.05) is 13.5 Å². The molecule has 1 amide bonds. The average Bonchev–Trinajstić information content (AvgIpc) is 3.00. The van der Waals surface area contributed by atoms with E-state index in [1.807, 2.05) is 6.08 Å². The zero-order valence-corrected chi connectivity index (χ0v) is 29.2. The van der Waals surface area contributed by atoms with Gasteiger partial charge in [0.25, 0.3) is 0 Å². The van der Waals surface area contributed by atoms with Gasteiger partial charge < -0.3 is 15.2 Å². The summed E-state index contributed by atoms with van der Waals surface area (Å²) in [5.41, 5.74) is 0. The minimum Gasteiger partial charge on any atom is -0.387 e. The van der Waals surface area contributed by atoms with E-state index in [0.717, 1.165) is 25.7 Å². The van der Waals surface area contributed by atoms with Crippen LogP contribution in [0.1, 0.15) is 194 Å². The lowest BCUT2D eigenvalue weighted by molar-refractivity contribution is -0.123. The fourth-order valence-electron chi connectivity index (χ4n) is 5.69. The lowest BCUT2D eigenvalue weighted by Gasteiger charge is -2.21. The Morgan fingerprint density at radius 1 is 0.581 bits per heavy atom. The Bertz CT molecular complexity index is 618. The van der Waals surface area contributed by atoms with Crippen LogP contribution in [0.2, 0.25) is 0 Å². The molecule has 43 heavy (non-hydrogen) atoms. The van der Waals surface area contributed by atoms with E-state index in [1.165, 1.54) is 148 Å². The van der Waals surface area contributed by atoms with Crippen LogP contribution in [0.15, 0.2) is 24.3 Å². The number of carbonyl (C=O) groups is 1. The van der Waals surface area contributed by atoms with Crippen molar-refractivity contribution in [1.29, 1.82) is 0 Å². The second-order valence-electron chi connectivity index (χ2n) is 12.9. The normalized spacial score (nSPS) is 13.3. The first kappa shape index (κ1) is 41.9. The zero-order valence-electron chi connectivity index (χ0n) is 29.2. The van der Waals surface area contributed by atoms with Crippen molar-refractivity contribution in [3.05, 3.63) is 24.3 Å². The van der Waals surface area contributed by atoms with Crippen molar-refractivity contribution in [2.24, 2.45) is 0 Å². The van der Waals surface area contributed by atoms with Crippen molar-refractivity contribution in [3.63, 3.8) is 0 Å². The molecule has 2 unspecified atom stereocenters. The highest BCUT2D eigenvalue weighted by molar-refractivity contribution is 5.76. The predicted octanol–water partition coefficient (Wildman–Crippen LogP) is 11.6. The summed E-state index contributed by atoms with van der Waals surface area (Å²) < 4.78 is 5.27. The maximum Gasteiger partial charge on any atom is 0.220 e. The number of unbranched alkanes of at least 4 members (excludes halogenated alkanes) is 24. The van der Waals surface area contributed by atoms with Crippen molar-refractivity contribution in [2.75, 3.05) is 13.7 Å². The standard InChI is InChI=1S/C39H75NO3/c1-4-6-8-10-12-14-16-18-19-20-21-23-25-27-29-31-33-35-39(42)40-37(36-43-3)38(41)34-32-30-28-26-24-22-17-15-13-11-9-7-5-2/h18-19,32,34,37-38,41H,4-17,20-31,33,35-36H2,1-3H3,(H,40,42)/b19-18-,34-32-. The Labute approximate surface area is 269 Å². The molecule has 2 N–H and O–H groups in total. The van der Waals surface area contributed by atoms with E-state index in [2.05, 4.69) is 37.4 Å². The van der Waals surface area contributed by atoms with Crippen molar-refractivity contribution in [3.8, 4) is 0 Å². The molecule has 0 aliphatic carbocycles. The third-order valence-corrected chi connectivity index (χ3v) is 8.58. The van der Waals surface area contributed by atoms with Crippen molar-refractivity contribution < 1.29 is 14.6 Å². The minimum atomic E-state index is -0.706. The van der Waals surface area contributed by atoms with Gasteiger partial charge in [-0.05, 0) is 44.9 Å². The largest absolute Gasteiger partial charge is 0.387 e. The summed E-state index contributed by atoms with van der Waals surface area (Å²) in [5, 5.41) is 13.6. The molecule has 0 aromatic rings. The number of amides is 1. The number of aliphatic hydroxyl groups is 1. The molecule has 0 saturated carbocycles. The molecule has 0 saturated heterocycles. The van der Waals surface area contributed by atoms with Gasteiger partial charge in [-0.2, -0.15) is 0 Å². The van der Waals surface area contributed by atoms with E-state index >= 15 is 0 Å². The summed E-state index contributed by atoms with van der Waals surface area (Å²) in [6.45, 7) is 4.87. The first-order valence-electron chi connectivity index (χ1n) is 18.9. The quantitative estimate of drug-likeness (QED) is 0.0566. The molecule has 4 heteroatoms. The van der Waals surface area contributed by atoms with Gasteiger partial charge in [0.15, 0.2) is 0 Å². The van der Waals surface area contributed by atoms with Gasteiger partial charge in [-0.1, -0.05) is 167 Å². The molecular formula is C39H75NO3. The first-order chi connectivity index (χ1) is 21.2. The zero-order chi connectivity index (χ0) is 31.5. The summed E-state index contributed by atoms with van der Waals surface area (Å²) in [6, 6.07) is -0.383. The molecule has 0 fully saturated rings. The highest BCUT2D eigenvalue weighted by Crippen LogP contribution is 2.13. The van der Waals surface area contributed by atoms with Crippen molar-refractivity contribution >= 4 is 5.91 Å².